The zero-order valence-corrected chi connectivity index (χ0v) is 17.3. The van der Waals surface area contributed by atoms with Gasteiger partial charge in [-0.15, -0.1) is 0 Å². The summed E-state index contributed by atoms with van der Waals surface area (Å²) in [6, 6.07) is -3.61. The lowest BCUT2D eigenvalue weighted by atomic mass is 9.98. The second-order valence-corrected chi connectivity index (χ2v) is 6.73. The Balaban J connectivity index is 5.34. The molecule has 0 spiro atoms. The number of nitrogens with one attached hydrogen (secondary N) is 3. The number of nitrogens with two attached hydrogens (primary N) is 3. The van der Waals surface area contributed by atoms with Gasteiger partial charge in [0.05, 0.1) is 13.2 Å². The van der Waals surface area contributed by atoms with Crippen LogP contribution in [0.2, 0.25) is 0 Å². The summed E-state index contributed by atoms with van der Waals surface area (Å²) in [5.74, 6) is -3.89. The van der Waals surface area contributed by atoms with E-state index in [0.717, 1.165) is 0 Å². The Morgan fingerprint density at radius 2 is 1.63 bits per heavy atom. The molecule has 0 aliphatic heterocycles. The van der Waals surface area contributed by atoms with Crippen LogP contribution in [0.1, 0.15) is 33.1 Å². The number of nitrogens with zero attached hydrogens (tertiary/aromatic N) is 1. The average molecular weight is 431 g/mol. The van der Waals surface area contributed by atoms with E-state index in [1.165, 1.54) is 0 Å². The van der Waals surface area contributed by atoms with Crippen LogP contribution in [0.4, 0.5) is 0 Å². The first-order chi connectivity index (χ1) is 14.1. The Bertz CT molecular complexity index is 624. The molecule has 0 saturated carbocycles. The van der Waals surface area contributed by atoms with Gasteiger partial charge in [0.25, 0.3) is 0 Å². The van der Waals surface area contributed by atoms with E-state index >= 15 is 0 Å². The third-order valence-corrected chi connectivity index (χ3v) is 4.37. The highest BCUT2D eigenvalue weighted by atomic mass is 16.4. The second-order valence-electron chi connectivity index (χ2n) is 6.73. The molecule has 172 valence electrons. The average Bonchev–Trinajstić information content (AvgIpc) is 2.70. The quantitative estimate of drug-likeness (QED) is 0.0775. The number of carboxylic acids is 1. The van der Waals surface area contributed by atoms with Crippen molar-refractivity contribution in [3.05, 3.63) is 0 Å². The van der Waals surface area contributed by atoms with Gasteiger partial charge in [-0.05, 0) is 18.8 Å². The van der Waals surface area contributed by atoms with Crippen LogP contribution in [0.15, 0.2) is 4.99 Å². The first-order valence-corrected chi connectivity index (χ1v) is 9.56. The second kappa shape index (κ2) is 14.1. The lowest BCUT2D eigenvalue weighted by Crippen LogP contribution is -2.57. The number of hydrogen-bond acceptors (Lipinski definition) is 7. The van der Waals surface area contributed by atoms with Crippen LogP contribution in [0.25, 0.3) is 0 Å². The predicted molar refractivity (Wildman–Crippen MR) is 109 cm³/mol. The molecule has 4 unspecified atom stereocenters. The van der Waals surface area contributed by atoms with E-state index < -0.39 is 48.4 Å². The van der Waals surface area contributed by atoms with Gasteiger partial charge >= 0.3 is 5.97 Å². The van der Waals surface area contributed by atoms with Gasteiger partial charge in [-0.1, -0.05) is 20.3 Å². The number of aliphatic imine (C=N–C) groups is 1. The van der Waals surface area contributed by atoms with E-state index in [-0.39, 0.29) is 31.4 Å². The van der Waals surface area contributed by atoms with Gasteiger partial charge in [-0.3, -0.25) is 19.4 Å². The molecule has 0 bridgehead atoms. The zero-order valence-electron chi connectivity index (χ0n) is 17.3. The fourth-order valence-electron chi connectivity index (χ4n) is 2.43. The maximum Gasteiger partial charge on any atom is 0.326 e. The number of aliphatic carboxylic acids is 1. The molecule has 13 heteroatoms. The zero-order chi connectivity index (χ0) is 23.3. The van der Waals surface area contributed by atoms with Crippen LogP contribution < -0.4 is 33.2 Å². The lowest BCUT2D eigenvalue weighted by molar-refractivity contribution is -0.144. The highest BCUT2D eigenvalue weighted by Crippen LogP contribution is 2.09. The minimum Gasteiger partial charge on any atom is -0.480 e. The number of aliphatic hydroxyl groups is 1. The molecule has 0 aromatic carbocycles. The number of aliphatic hydroxyl groups excluding tert-OH is 1. The van der Waals surface area contributed by atoms with E-state index in [0.29, 0.717) is 12.8 Å². The van der Waals surface area contributed by atoms with Crippen LogP contribution in [-0.2, 0) is 19.2 Å². The molecule has 0 heterocycles. The molecule has 0 aromatic rings. The molecular formula is C17H33N7O6. The predicted octanol–water partition coefficient (Wildman–Crippen LogP) is -3.42. The number of hydrogen-bond donors (Lipinski definition) is 8. The Labute approximate surface area is 174 Å². The Morgan fingerprint density at radius 1 is 1.03 bits per heavy atom. The fraction of sp³-hybridized carbons (Fsp3) is 0.706. The summed E-state index contributed by atoms with van der Waals surface area (Å²) in [7, 11) is 0. The van der Waals surface area contributed by atoms with Crippen LogP contribution in [0, 0.1) is 5.92 Å². The van der Waals surface area contributed by atoms with Crippen LogP contribution in [0.3, 0.4) is 0 Å². The van der Waals surface area contributed by atoms with Gasteiger partial charge in [-0.2, -0.15) is 0 Å². The Kier molecular flexibility index (Phi) is 12.7. The minimum atomic E-state index is -1.32. The summed E-state index contributed by atoms with van der Waals surface area (Å²) in [6.45, 7) is 2.54. The van der Waals surface area contributed by atoms with Crippen molar-refractivity contribution in [1.29, 1.82) is 0 Å². The molecule has 4 atom stereocenters. The van der Waals surface area contributed by atoms with Crippen molar-refractivity contribution >= 4 is 29.7 Å². The fourth-order valence-corrected chi connectivity index (χ4v) is 2.43. The standard InChI is InChI=1S/C17H33N7O6/c1-3-9(2)13(16(29)30)24-14(27)10(5-4-6-21-17(19)20)23-15(28)11(8-25)22-12(26)7-18/h9-11,13,25H,3-8,18H2,1-2H3,(H,22,26)(H,23,28)(H,24,27)(H,29,30)(H4,19,20,21). The highest BCUT2D eigenvalue weighted by Gasteiger charge is 2.31. The third kappa shape index (κ3) is 10.0. The molecule has 0 aliphatic rings. The van der Waals surface area contributed by atoms with Gasteiger partial charge in [-0.25, -0.2) is 4.79 Å². The maximum absolute atomic E-state index is 12.7. The van der Waals surface area contributed by atoms with Gasteiger partial charge < -0.3 is 43.4 Å². The molecule has 0 aromatic heterocycles. The van der Waals surface area contributed by atoms with Gasteiger partial charge in [0.1, 0.15) is 18.1 Å². The summed E-state index contributed by atoms with van der Waals surface area (Å²) in [4.78, 5) is 51.8. The monoisotopic (exact) mass is 431 g/mol. The third-order valence-electron chi connectivity index (χ3n) is 4.37. The molecule has 0 saturated heterocycles. The summed E-state index contributed by atoms with van der Waals surface area (Å²) < 4.78 is 0. The van der Waals surface area contributed by atoms with Crippen molar-refractivity contribution in [2.75, 3.05) is 19.7 Å². The molecule has 3 amide bonds. The molecule has 0 aliphatic carbocycles. The van der Waals surface area contributed by atoms with Crippen molar-refractivity contribution in [1.82, 2.24) is 16.0 Å². The number of rotatable bonds is 14. The summed E-state index contributed by atoms with van der Waals surface area (Å²) >= 11 is 0. The van der Waals surface area contributed by atoms with E-state index in [2.05, 4.69) is 20.9 Å². The highest BCUT2D eigenvalue weighted by molar-refractivity contribution is 5.93. The van der Waals surface area contributed by atoms with Gasteiger partial charge in [0.15, 0.2) is 5.96 Å². The number of carbonyl (C=O) groups excluding carboxylic acids is 3. The van der Waals surface area contributed by atoms with Crippen molar-refractivity contribution < 1.29 is 29.4 Å². The smallest absolute Gasteiger partial charge is 0.326 e. The van der Waals surface area contributed by atoms with Gasteiger partial charge in [0.2, 0.25) is 17.7 Å². The van der Waals surface area contributed by atoms with Crippen LogP contribution in [0.5, 0.6) is 0 Å². The van der Waals surface area contributed by atoms with Crippen LogP contribution >= 0.6 is 0 Å². The maximum atomic E-state index is 12.7. The Morgan fingerprint density at radius 3 is 2.10 bits per heavy atom. The summed E-state index contributed by atoms with van der Waals surface area (Å²) in [5.41, 5.74) is 15.7. The van der Waals surface area contributed by atoms with E-state index in [9.17, 15) is 29.4 Å². The van der Waals surface area contributed by atoms with Crippen molar-refractivity contribution in [3.63, 3.8) is 0 Å². The molecule has 0 fully saturated rings. The Hall–Kier alpha value is -2.93. The van der Waals surface area contributed by atoms with Crippen molar-refractivity contribution in [2.24, 2.45) is 28.1 Å². The molecule has 0 rings (SSSR count). The molecule has 30 heavy (non-hydrogen) atoms. The molecular weight excluding hydrogens is 398 g/mol. The summed E-state index contributed by atoms with van der Waals surface area (Å²) in [6.07, 6.45) is 0.900. The van der Waals surface area contributed by atoms with E-state index in [4.69, 9.17) is 17.2 Å². The van der Waals surface area contributed by atoms with E-state index in [1.807, 2.05) is 0 Å². The minimum absolute atomic E-state index is 0.0875. The molecule has 0 radical (unpaired) electrons. The normalized spacial score (nSPS) is 14.5. The SMILES string of the molecule is CCC(C)C(NC(=O)C(CCCN=C(N)N)NC(=O)C(CO)NC(=O)CN)C(=O)O. The molecule has 13 nitrogen and oxygen atoms in total. The van der Waals surface area contributed by atoms with E-state index in [1.54, 1.807) is 13.8 Å². The largest absolute Gasteiger partial charge is 0.480 e. The first kappa shape index (κ1) is 27.1. The molecule has 11 N–H and O–H groups in total. The number of amides is 3. The topological polar surface area (TPSA) is 235 Å². The van der Waals surface area contributed by atoms with Crippen molar-refractivity contribution in [2.45, 2.75) is 51.2 Å². The lowest BCUT2D eigenvalue weighted by Gasteiger charge is -2.25. The van der Waals surface area contributed by atoms with Crippen LogP contribution in [-0.4, -0.2) is 77.7 Å². The van der Waals surface area contributed by atoms with Gasteiger partial charge in [0, 0.05) is 6.54 Å². The summed E-state index contributed by atoms with van der Waals surface area (Å²) in [5, 5.41) is 25.8. The van der Waals surface area contributed by atoms with Crippen molar-refractivity contribution in [3.8, 4) is 0 Å². The first-order valence-electron chi connectivity index (χ1n) is 9.56. The number of carboxylic acid groups (broad SMARTS) is 1. The number of guanidine groups is 1. The number of carbonyl (C=O) groups is 4.